The van der Waals surface area contributed by atoms with E-state index in [1.54, 1.807) is 13.2 Å². The number of carbonyl (C=O) groups is 3. The lowest BCUT2D eigenvalue weighted by atomic mass is 9.62. The molecule has 2 aromatic carbocycles. The van der Waals surface area contributed by atoms with Crippen molar-refractivity contribution in [3.63, 3.8) is 0 Å². The first-order valence-electron chi connectivity index (χ1n) is 11.5. The van der Waals surface area contributed by atoms with Crippen LogP contribution < -0.4 is 4.74 Å². The van der Waals surface area contributed by atoms with Crippen molar-refractivity contribution < 1.29 is 24.2 Å². The van der Waals surface area contributed by atoms with Gasteiger partial charge in [-0.05, 0) is 27.8 Å². The van der Waals surface area contributed by atoms with E-state index in [-0.39, 0.29) is 53.4 Å². The molecule has 1 fully saturated rings. The van der Waals surface area contributed by atoms with E-state index in [1.165, 1.54) is 0 Å². The number of ether oxygens (including phenoxy) is 1. The number of ketones is 3. The Morgan fingerprint density at radius 2 is 1.42 bits per heavy atom. The van der Waals surface area contributed by atoms with E-state index in [1.807, 2.05) is 58.0 Å². The fraction of sp³-hybridized carbons (Fsp3) is 0.464. The Hall–Kier alpha value is -2.95. The van der Waals surface area contributed by atoms with Gasteiger partial charge in [-0.15, -0.1) is 0 Å². The summed E-state index contributed by atoms with van der Waals surface area (Å²) in [6.07, 6.45) is 1.13. The van der Waals surface area contributed by atoms with Gasteiger partial charge in [-0.2, -0.15) is 0 Å². The standard InChI is InChI=1S/C28H32O5/c1-27(2)12-19(29)25(20(30)13-27)24(26-21(31)14-28(3,4)15-22(26)32)18-10-11-23(33-5)17-9-7-6-8-16(17)18/h6-11,24-25,31H,12-15H2,1-5H3. The third-order valence-electron chi connectivity index (χ3n) is 7.01. The molecule has 5 heteroatoms. The van der Waals surface area contributed by atoms with Crippen molar-refractivity contribution in [3.05, 3.63) is 53.3 Å². The zero-order chi connectivity index (χ0) is 24.1. The molecule has 0 spiro atoms. The van der Waals surface area contributed by atoms with Gasteiger partial charge in [-0.25, -0.2) is 0 Å². The van der Waals surface area contributed by atoms with Gasteiger partial charge in [0, 0.05) is 42.6 Å². The summed E-state index contributed by atoms with van der Waals surface area (Å²) < 4.78 is 5.53. The first-order valence-corrected chi connectivity index (χ1v) is 11.5. The second kappa shape index (κ2) is 8.12. The normalized spacial score (nSPS) is 22.0. The van der Waals surface area contributed by atoms with E-state index >= 15 is 0 Å². The van der Waals surface area contributed by atoms with Crippen LogP contribution in [0.15, 0.2) is 47.7 Å². The van der Waals surface area contributed by atoms with Gasteiger partial charge < -0.3 is 9.84 Å². The molecule has 0 heterocycles. The lowest BCUT2D eigenvalue weighted by Gasteiger charge is -2.39. The number of allylic oxidation sites excluding steroid dienone is 2. The number of hydrogen-bond donors (Lipinski definition) is 1. The summed E-state index contributed by atoms with van der Waals surface area (Å²) in [4.78, 5) is 40.2. The van der Waals surface area contributed by atoms with Gasteiger partial charge in [0.25, 0.3) is 0 Å². The molecule has 0 aliphatic heterocycles. The van der Waals surface area contributed by atoms with Crippen LogP contribution in [-0.4, -0.2) is 29.6 Å². The van der Waals surface area contributed by atoms with Crippen molar-refractivity contribution in [1.29, 1.82) is 0 Å². The summed E-state index contributed by atoms with van der Waals surface area (Å²) in [5.41, 5.74) is 0.134. The largest absolute Gasteiger partial charge is 0.512 e. The highest BCUT2D eigenvalue weighted by molar-refractivity contribution is 6.10. The Balaban J connectivity index is 1.98. The van der Waals surface area contributed by atoms with E-state index in [2.05, 4.69) is 0 Å². The highest BCUT2D eigenvalue weighted by Crippen LogP contribution is 2.49. The zero-order valence-corrected chi connectivity index (χ0v) is 20.0. The molecule has 0 bridgehead atoms. The second-order valence-electron chi connectivity index (χ2n) is 11.1. The number of fused-ring (bicyclic) bond motifs is 1. The molecular weight excluding hydrogens is 416 g/mol. The summed E-state index contributed by atoms with van der Waals surface area (Å²) in [5.74, 6) is -1.67. The zero-order valence-electron chi connectivity index (χ0n) is 20.0. The van der Waals surface area contributed by atoms with Crippen molar-refractivity contribution in [1.82, 2.24) is 0 Å². The first-order chi connectivity index (χ1) is 15.4. The molecule has 1 saturated carbocycles. The summed E-state index contributed by atoms with van der Waals surface area (Å²) in [5, 5.41) is 12.7. The molecule has 2 aliphatic carbocycles. The fourth-order valence-corrected chi connectivity index (χ4v) is 5.68. The minimum atomic E-state index is -0.989. The Labute approximate surface area is 194 Å². The monoisotopic (exact) mass is 448 g/mol. The highest BCUT2D eigenvalue weighted by Gasteiger charge is 2.48. The van der Waals surface area contributed by atoms with Crippen LogP contribution in [0.25, 0.3) is 10.8 Å². The van der Waals surface area contributed by atoms with E-state index in [9.17, 15) is 19.5 Å². The quantitative estimate of drug-likeness (QED) is 0.606. The predicted molar refractivity (Wildman–Crippen MR) is 127 cm³/mol. The van der Waals surface area contributed by atoms with Gasteiger partial charge in [-0.3, -0.25) is 14.4 Å². The number of benzene rings is 2. The van der Waals surface area contributed by atoms with Gasteiger partial charge in [0.1, 0.15) is 23.1 Å². The minimum absolute atomic E-state index is 0.00779. The van der Waals surface area contributed by atoms with Gasteiger partial charge in [0.2, 0.25) is 0 Å². The maximum atomic E-state index is 13.4. The third kappa shape index (κ3) is 4.21. The Kier molecular flexibility index (Phi) is 5.71. The first kappa shape index (κ1) is 23.2. The van der Waals surface area contributed by atoms with Crippen LogP contribution in [0.5, 0.6) is 5.75 Å². The van der Waals surface area contributed by atoms with E-state index < -0.39 is 17.3 Å². The Morgan fingerprint density at radius 3 is 2.00 bits per heavy atom. The van der Waals surface area contributed by atoms with Crippen molar-refractivity contribution in [3.8, 4) is 5.75 Å². The van der Waals surface area contributed by atoms with Crippen LogP contribution in [0.3, 0.4) is 0 Å². The van der Waals surface area contributed by atoms with Gasteiger partial charge in [-0.1, -0.05) is 58.0 Å². The molecule has 0 amide bonds. The van der Waals surface area contributed by atoms with Crippen LogP contribution in [0.2, 0.25) is 0 Å². The van der Waals surface area contributed by atoms with Crippen molar-refractivity contribution in [2.75, 3.05) is 7.11 Å². The number of rotatable bonds is 4. The maximum Gasteiger partial charge on any atom is 0.163 e. The van der Waals surface area contributed by atoms with E-state index in [0.29, 0.717) is 17.7 Å². The van der Waals surface area contributed by atoms with Gasteiger partial charge in [0.05, 0.1) is 13.0 Å². The average Bonchev–Trinajstić information content (AvgIpc) is 2.69. The van der Waals surface area contributed by atoms with Crippen molar-refractivity contribution >= 4 is 28.1 Å². The molecule has 4 rings (SSSR count). The summed E-state index contributed by atoms with van der Waals surface area (Å²) in [6.45, 7) is 7.72. The molecular formula is C28H32O5. The Bertz CT molecular complexity index is 1160. The molecule has 0 saturated heterocycles. The second-order valence-corrected chi connectivity index (χ2v) is 11.1. The lowest BCUT2D eigenvalue weighted by Crippen LogP contribution is -2.43. The van der Waals surface area contributed by atoms with Gasteiger partial charge >= 0.3 is 0 Å². The molecule has 1 N–H and O–H groups in total. The van der Waals surface area contributed by atoms with Crippen LogP contribution in [0.1, 0.15) is 64.9 Å². The summed E-state index contributed by atoms with van der Waals surface area (Å²) in [6, 6.07) is 11.3. The summed E-state index contributed by atoms with van der Waals surface area (Å²) in [7, 11) is 1.59. The van der Waals surface area contributed by atoms with Gasteiger partial charge in [0.15, 0.2) is 5.78 Å². The molecule has 2 aliphatic rings. The maximum absolute atomic E-state index is 13.4. The number of methoxy groups -OCH3 is 1. The molecule has 0 aromatic heterocycles. The predicted octanol–water partition coefficient (Wildman–Crippen LogP) is 5.71. The SMILES string of the molecule is COc1ccc(C(C2=C(O)CC(C)(C)CC2=O)C2C(=O)CC(C)(C)CC2=O)c2ccccc12. The molecule has 1 atom stereocenters. The number of Topliss-reactive ketones (excluding diaryl/α,β-unsaturated/α-hetero) is 3. The average molecular weight is 449 g/mol. The van der Waals surface area contributed by atoms with Crippen LogP contribution in [-0.2, 0) is 14.4 Å². The third-order valence-corrected chi connectivity index (χ3v) is 7.01. The smallest absolute Gasteiger partial charge is 0.163 e. The molecule has 2 aromatic rings. The number of hydrogen-bond acceptors (Lipinski definition) is 5. The van der Waals surface area contributed by atoms with Crippen LogP contribution in [0.4, 0.5) is 0 Å². The number of aliphatic hydroxyl groups is 1. The van der Waals surface area contributed by atoms with Crippen molar-refractivity contribution in [2.45, 2.75) is 59.3 Å². The van der Waals surface area contributed by atoms with Crippen LogP contribution >= 0.6 is 0 Å². The molecule has 0 radical (unpaired) electrons. The fourth-order valence-electron chi connectivity index (χ4n) is 5.68. The number of aliphatic hydroxyl groups excluding tert-OH is 1. The molecule has 1 unspecified atom stereocenters. The molecule has 5 nitrogen and oxygen atoms in total. The molecule has 174 valence electrons. The Morgan fingerprint density at radius 1 is 0.848 bits per heavy atom. The van der Waals surface area contributed by atoms with E-state index in [0.717, 1.165) is 10.8 Å². The molecule has 33 heavy (non-hydrogen) atoms. The highest BCUT2D eigenvalue weighted by atomic mass is 16.5. The lowest BCUT2D eigenvalue weighted by molar-refractivity contribution is -0.140. The van der Waals surface area contributed by atoms with Crippen LogP contribution in [0, 0.1) is 16.7 Å². The van der Waals surface area contributed by atoms with E-state index in [4.69, 9.17) is 4.74 Å². The number of carbonyl (C=O) groups excluding carboxylic acids is 3. The van der Waals surface area contributed by atoms with Crippen molar-refractivity contribution in [2.24, 2.45) is 16.7 Å². The minimum Gasteiger partial charge on any atom is -0.512 e. The summed E-state index contributed by atoms with van der Waals surface area (Å²) >= 11 is 0. The topological polar surface area (TPSA) is 80.7 Å².